The van der Waals surface area contributed by atoms with Crippen molar-refractivity contribution in [2.24, 2.45) is 0 Å². The molecule has 0 aliphatic rings. The number of anilines is 1. The molecule has 0 heterocycles. The summed E-state index contributed by atoms with van der Waals surface area (Å²) in [6.45, 7) is 3.80. The van der Waals surface area contributed by atoms with Gasteiger partial charge in [-0.2, -0.15) is 4.39 Å². The summed E-state index contributed by atoms with van der Waals surface area (Å²) in [5.74, 6) is -2.42. The van der Waals surface area contributed by atoms with Crippen LogP contribution in [0.3, 0.4) is 0 Å². The molecule has 116 valence electrons. The van der Waals surface area contributed by atoms with E-state index in [9.17, 15) is 23.7 Å². The second-order valence-electron chi connectivity index (χ2n) is 4.59. The number of halogens is 2. The van der Waals surface area contributed by atoms with Crippen LogP contribution in [0.5, 0.6) is 0 Å². The van der Waals surface area contributed by atoms with E-state index in [2.05, 4.69) is 10.6 Å². The number of carbonyl (C=O) groups excluding carboxylic acids is 1. The Hall–Kier alpha value is -2.25. The topological polar surface area (TPSA) is 84.3 Å². The lowest BCUT2D eigenvalue weighted by molar-refractivity contribution is -0.386. The number of amides is 1. The van der Waals surface area contributed by atoms with Gasteiger partial charge in [0.15, 0.2) is 0 Å². The van der Waals surface area contributed by atoms with E-state index in [0.29, 0.717) is 6.07 Å². The second kappa shape index (κ2) is 7.51. The molecule has 8 heteroatoms. The standard InChI is InChI=1S/C13H17F2N3O3/c1-3-8(2)17-12(19)4-5-16-11-7-9(14)6-10(15)13(11)18(20)21/h6-8,16H,3-5H2,1-2H3,(H,17,19). The molecule has 1 unspecified atom stereocenters. The van der Waals surface area contributed by atoms with Gasteiger partial charge in [-0.3, -0.25) is 14.9 Å². The summed E-state index contributed by atoms with van der Waals surface area (Å²) < 4.78 is 26.5. The quantitative estimate of drug-likeness (QED) is 0.599. The van der Waals surface area contributed by atoms with Gasteiger partial charge in [0.25, 0.3) is 0 Å². The molecule has 0 saturated heterocycles. The van der Waals surface area contributed by atoms with Crippen LogP contribution in [0.4, 0.5) is 20.2 Å². The van der Waals surface area contributed by atoms with Crippen LogP contribution in [0.25, 0.3) is 0 Å². The van der Waals surface area contributed by atoms with Crippen molar-refractivity contribution in [1.82, 2.24) is 5.32 Å². The Morgan fingerprint density at radius 3 is 2.67 bits per heavy atom. The summed E-state index contributed by atoms with van der Waals surface area (Å²) >= 11 is 0. The first-order valence-corrected chi connectivity index (χ1v) is 6.51. The Morgan fingerprint density at radius 1 is 1.43 bits per heavy atom. The Labute approximate surface area is 120 Å². The number of carbonyl (C=O) groups is 1. The minimum atomic E-state index is -1.26. The number of nitro groups is 1. The van der Waals surface area contributed by atoms with E-state index in [4.69, 9.17) is 0 Å². The van der Waals surface area contributed by atoms with Gasteiger partial charge in [0.05, 0.1) is 4.92 Å². The molecule has 0 bridgehead atoms. The Balaban J connectivity index is 2.67. The summed E-state index contributed by atoms with van der Waals surface area (Å²) in [6.07, 6.45) is 0.819. The van der Waals surface area contributed by atoms with Crippen LogP contribution in [-0.2, 0) is 4.79 Å². The monoisotopic (exact) mass is 301 g/mol. The highest BCUT2D eigenvalue weighted by molar-refractivity contribution is 5.77. The first-order valence-electron chi connectivity index (χ1n) is 6.51. The fourth-order valence-electron chi connectivity index (χ4n) is 1.65. The third-order valence-electron chi connectivity index (χ3n) is 2.90. The van der Waals surface area contributed by atoms with Gasteiger partial charge >= 0.3 is 5.69 Å². The highest BCUT2D eigenvalue weighted by Gasteiger charge is 2.21. The molecule has 2 N–H and O–H groups in total. The molecule has 0 radical (unpaired) electrons. The van der Waals surface area contributed by atoms with Crippen molar-refractivity contribution >= 4 is 17.3 Å². The molecule has 0 fully saturated rings. The number of hydrogen-bond donors (Lipinski definition) is 2. The molecular formula is C13H17F2N3O3. The zero-order valence-corrected chi connectivity index (χ0v) is 11.8. The van der Waals surface area contributed by atoms with Gasteiger partial charge in [-0.15, -0.1) is 0 Å². The Bertz CT molecular complexity index is 538. The largest absolute Gasteiger partial charge is 0.379 e. The molecule has 0 spiro atoms. The first-order chi connectivity index (χ1) is 9.85. The van der Waals surface area contributed by atoms with Crippen LogP contribution in [-0.4, -0.2) is 23.4 Å². The van der Waals surface area contributed by atoms with Crippen molar-refractivity contribution in [3.8, 4) is 0 Å². The van der Waals surface area contributed by atoms with Crippen LogP contribution in [0.1, 0.15) is 26.7 Å². The molecule has 1 aromatic rings. The van der Waals surface area contributed by atoms with Crippen LogP contribution < -0.4 is 10.6 Å². The molecule has 1 atom stereocenters. The van der Waals surface area contributed by atoms with E-state index < -0.39 is 22.2 Å². The van der Waals surface area contributed by atoms with Crippen LogP contribution in [0.2, 0.25) is 0 Å². The molecule has 0 aromatic heterocycles. The minimum absolute atomic E-state index is 0.0263. The van der Waals surface area contributed by atoms with Crippen molar-refractivity contribution in [3.63, 3.8) is 0 Å². The van der Waals surface area contributed by atoms with E-state index in [0.717, 1.165) is 12.5 Å². The van der Waals surface area contributed by atoms with Gasteiger partial charge in [-0.1, -0.05) is 6.92 Å². The maximum absolute atomic E-state index is 13.4. The van der Waals surface area contributed by atoms with E-state index in [-0.39, 0.29) is 30.6 Å². The summed E-state index contributed by atoms with van der Waals surface area (Å²) in [7, 11) is 0. The first kappa shape index (κ1) is 16.8. The third kappa shape index (κ3) is 4.97. The van der Waals surface area contributed by atoms with Gasteiger partial charge < -0.3 is 10.6 Å². The van der Waals surface area contributed by atoms with Crippen LogP contribution >= 0.6 is 0 Å². The molecule has 0 aliphatic carbocycles. The van der Waals surface area contributed by atoms with Gasteiger partial charge in [0, 0.05) is 31.1 Å². The summed E-state index contributed by atoms with van der Waals surface area (Å²) in [5.41, 5.74) is -1.12. The molecular weight excluding hydrogens is 284 g/mol. The number of nitrogens with zero attached hydrogens (tertiary/aromatic N) is 1. The number of hydrogen-bond acceptors (Lipinski definition) is 4. The Kier molecular flexibility index (Phi) is 6.01. The van der Waals surface area contributed by atoms with E-state index in [1.807, 2.05) is 13.8 Å². The molecule has 1 amide bonds. The minimum Gasteiger partial charge on any atom is -0.379 e. The number of nitro benzene ring substituents is 1. The van der Waals surface area contributed by atoms with Gasteiger partial charge in [-0.05, 0) is 13.3 Å². The lowest BCUT2D eigenvalue weighted by atomic mass is 10.2. The summed E-state index contributed by atoms with van der Waals surface area (Å²) in [5, 5.41) is 16.0. The number of nitrogens with one attached hydrogen (secondary N) is 2. The average Bonchev–Trinajstić information content (AvgIpc) is 2.37. The highest BCUT2D eigenvalue weighted by Crippen LogP contribution is 2.28. The SMILES string of the molecule is CCC(C)NC(=O)CCNc1cc(F)cc(F)c1[N+](=O)[O-]. The smallest absolute Gasteiger partial charge is 0.327 e. The molecule has 21 heavy (non-hydrogen) atoms. The molecule has 0 saturated carbocycles. The molecule has 6 nitrogen and oxygen atoms in total. The van der Waals surface area contributed by atoms with Crippen LogP contribution in [0.15, 0.2) is 12.1 Å². The Morgan fingerprint density at radius 2 is 2.10 bits per heavy atom. The lowest BCUT2D eigenvalue weighted by Crippen LogP contribution is -2.33. The van der Waals surface area contributed by atoms with Crippen molar-refractivity contribution < 1.29 is 18.5 Å². The van der Waals surface area contributed by atoms with Crippen molar-refractivity contribution in [1.29, 1.82) is 0 Å². The fraction of sp³-hybridized carbons (Fsp3) is 0.462. The average molecular weight is 301 g/mol. The molecule has 1 aromatic carbocycles. The second-order valence-corrected chi connectivity index (χ2v) is 4.59. The number of rotatable bonds is 7. The third-order valence-corrected chi connectivity index (χ3v) is 2.90. The maximum Gasteiger partial charge on any atom is 0.327 e. The summed E-state index contributed by atoms with van der Waals surface area (Å²) in [6, 6.07) is 1.30. The molecule has 1 rings (SSSR count). The van der Waals surface area contributed by atoms with Crippen LogP contribution in [0, 0.1) is 21.7 Å². The normalized spacial score (nSPS) is 11.8. The van der Waals surface area contributed by atoms with Gasteiger partial charge in [-0.25, -0.2) is 4.39 Å². The fourth-order valence-corrected chi connectivity index (χ4v) is 1.65. The zero-order valence-electron chi connectivity index (χ0n) is 11.8. The zero-order chi connectivity index (χ0) is 16.0. The number of benzene rings is 1. The predicted octanol–water partition coefficient (Wildman–Crippen LogP) is 2.59. The van der Waals surface area contributed by atoms with E-state index in [1.165, 1.54) is 0 Å². The highest BCUT2D eigenvalue weighted by atomic mass is 19.1. The summed E-state index contributed by atoms with van der Waals surface area (Å²) in [4.78, 5) is 21.3. The van der Waals surface area contributed by atoms with Crippen molar-refractivity contribution in [3.05, 3.63) is 33.9 Å². The predicted molar refractivity (Wildman–Crippen MR) is 74.0 cm³/mol. The van der Waals surface area contributed by atoms with Gasteiger partial charge in [0.1, 0.15) is 11.5 Å². The lowest BCUT2D eigenvalue weighted by Gasteiger charge is -2.12. The van der Waals surface area contributed by atoms with E-state index in [1.54, 1.807) is 0 Å². The molecule has 0 aliphatic heterocycles. The van der Waals surface area contributed by atoms with Gasteiger partial charge in [0.2, 0.25) is 11.7 Å². The maximum atomic E-state index is 13.4. The van der Waals surface area contributed by atoms with Crippen molar-refractivity contribution in [2.45, 2.75) is 32.7 Å². The van der Waals surface area contributed by atoms with E-state index >= 15 is 0 Å². The van der Waals surface area contributed by atoms with Crippen molar-refractivity contribution in [2.75, 3.05) is 11.9 Å².